The number of anilines is 1. The first-order valence-electron chi connectivity index (χ1n) is 9.75. The van der Waals surface area contributed by atoms with Crippen LogP contribution in [0.2, 0.25) is 0 Å². The normalized spacial score (nSPS) is 11.5. The Balaban J connectivity index is 1.72. The van der Waals surface area contributed by atoms with Crippen molar-refractivity contribution in [2.24, 2.45) is 0 Å². The largest absolute Gasteiger partial charge is 0.382 e. The Morgan fingerprint density at radius 1 is 1.16 bits per heavy atom. The molecule has 1 heterocycles. The van der Waals surface area contributed by atoms with E-state index in [4.69, 9.17) is 5.73 Å². The van der Waals surface area contributed by atoms with Crippen LogP contribution in [0, 0.1) is 37.9 Å². The maximum atomic E-state index is 13.2. The second-order valence-corrected chi connectivity index (χ2v) is 9.14. The average molecular weight is 442 g/mol. The Morgan fingerprint density at radius 3 is 2.35 bits per heavy atom. The van der Waals surface area contributed by atoms with E-state index in [1.54, 1.807) is 13.8 Å². The smallest absolute Gasteiger partial charge is 0.241 e. The molecule has 0 saturated heterocycles. The molecule has 3 aromatic rings. The number of benzene rings is 2. The lowest BCUT2D eigenvalue weighted by molar-refractivity contribution is 0.577. The number of halogens is 1. The summed E-state index contributed by atoms with van der Waals surface area (Å²) >= 11 is 0. The summed E-state index contributed by atoms with van der Waals surface area (Å²) in [6, 6.07) is 11.3. The van der Waals surface area contributed by atoms with Gasteiger partial charge in [-0.2, -0.15) is 10.4 Å². The number of aryl methyl sites for hydroxylation is 4. The second-order valence-electron chi connectivity index (χ2n) is 7.44. The van der Waals surface area contributed by atoms with Gasteiger partial charge >= 0.3 is 0 Å². The van der Waals surface area contributed by atoms with Gasteiger partial charge in [-0.3, -0.25) is 0 Å². The van der Waals surface area contributed by atoms with Crippen LogP contribution in [0.3, 0.4) is 0 Å². The fourth-order valence-electron chi connectivity index (χ4n) is 3.68. The molecule has 1 aromatic heterocycles. The molecule has 0 saturated carbocycles. The molecule has 0 spiro atoms. The maximum Gasteiger partial charge on any atom is 0.241 e. The number of nitrogens with one attached hydrogen (secondary N) is 1. The van der Waals surface area contributed by atoms with E-state index in [2.05, 4.69) is 9.82 Å². The molecule has 0 fully saturated rings. The van der Waals surface area contributed by atoms with Crippen LogP contribution in [0.1, 0.15) is 34.4 Å². The third-order valence-electron chi connectivity index (χ3n) is 4.93. The zero-order valence-electron chi connectivity index (χ0n) is 17.6. The van der Waals surface area contributed by atoms with Crippen LogP contribution in [0.15, 0.2) is 41.3 Å². The molecule has 0 aliphatic carbocycles. The van der Waals surface area contributed by atoms with Crippen LogP contribution in [0.25, 0.3) is 5.69 Å². The average Bonchev–Trinajstić information content (AvgIpc) is 3.00. The number of nitrogens with two attached hydrogens (primary N) is 1. The van der Waals surface area contributed by atoms with Gasteiger partial charge < -0.3 is 5.73 Å². The molecule has 162 valence electrons. The summed E-state index contributed by atoms with van der Waals surface area (Å²) in [6.45, 7) is 5.66. The summed E-state index contributed by atoms with van der Waals surface area (Å²) < 4.78 is 42.7. The first kappa shape index (κ1) is 22.5. The molecule has 0 atom stereocenters. The van der Waals surface area contributed by atoms with Crippen LogP contribution in [0.5, 0.6) is 0 Å². The molecular formula is C22H24FN5O2S. The van der Waals surface area contributed by atoms with E-state index < -0.39 is 10.0 Å². The number of hydrogen-bond acceptors (Lipinski definition) is 5. The summed E-state index contributed by atoms with van der Waals surface area (Å²) in [5, 5.41) is 13.8. The summed E-state index contributed by atoms with van der Waals surface area (Å²) in [6.07, 6.45) is 0.785. The van der Waals surface area contributed by atoms with Gasteiger partial charge in [0.1, 0.15) is 23.3 Å². The lowest BCUT2D eigenvalue weighted by Gasteiger charge is -2.13. The fourth-order valence-corrected chi connectivity index (χ4v) is 5.20. The number of nitriles is 1. The van der Waals surface area contributed by atoms with Crippen molar-refractivity contribution in [3.8, 4) is 11.8 Å². The Morgan fingerprint density at radius 2 is 1.77 bits per heavy atom. The van der Waals surface area contributed by atoms with Crippen molar-refractivity contribution < 1.29 is 12.8 Å². The molecule has 31 heavy (non-hydrogen) atoms. The molecular weight excluding hydrogens is 417 g/mol. The first-order valence-corrected chi connectivity index (χ1v) is 11.2. The van der Waals surface area contributed by atoms with E-state index in [9.17, 15) is 18.1 Å². The van der Waals surface area contributed by atoms with E-state index in [-0.39, 0.29) is 23.7 Å². The lowest BCUT2D eigenvalue weighted by atomic mass is 10.1. The number of nitrogen functional groups attached to an aromatic ring is 1. The predicted molar refractivity (Wildman–Crippen MR) is 117 cm³/mol. The van der Waals surface area contributed by atoms with Gasteiger partial charge in [-0.25, -0.2) is 22.2 Å². The van der Waals surface area contributed by atoms with Crippen molar-refractivity contribution in [1.29, 1.82) is 5.26 Å². The summed E-state index contributed by atoms with van der Waals surface area (Å²) in [5.74, 6) is -0.225. The van der Waals surface area contributed by atoms with Gasteiger partial charge in [-0.1, -0.05) is 17.7 Å². The molecule has 0 amide bonds. The Labute approximate surface area is 181 Å². The van der Waals surface area contributed by atoms with Gasteiger partial charge in [0.2, 0.25) is 10.0 Å². The van der Waals surface area contributed by atoms with E-state index in [0.717, 1.165) is 5.56 Å². The van der Waals surface area contributed by atoms with Crippen molar-refractivity contribution in [3.05, 3.63) is 70.2 Å². The van der Waals surface area contributed by atoms with Crippen LogP contribution in [-0.2, 0) is 16.4 Å². The molecule has 3 rings (SSSR count). The van der Waals surface area contributed by atoms with Crippen LogP contribution < -0.4 is 10.5 Å². The van der Waals surface area contributed by atoms with Crippen molar-refractivity contribution in [2.45, 2.75) is 38.5 Å². The standard InChI is InChI=1S/C22H24FN5O2S/c1-14-11-15(2)21(16(3)12-14)31(29,30)26-10-4-5-20-19(13-24)22(25)28(27-20)18-8-6-17(23)7-9-18/h6-9,11-12,26H,4-5,10,25H2,1-3H3. The van der Waals surface area contributed by atoms with Gasteiger partial charge in [0.15, 0.2) is 0 Å². The Kier molecular flexibility index (Phi) is 6.43. The van der Waals surface area contributed by atoms with Gasteiger partial charge in [0, 0.05) is 6.54 Å². The minimum absolute atomic E-state index is 0.163. The molecule has 0 bridgehead atoms. The number of hydrogen-bond donors (Lipinski definition) is 2. The van der Waals surface area contributed by atoms with E-state index in [1.807, 2.05) is 25.1 Å². The van der Waals surface area contributed by atoms with Crippen molar-refractivity contribution >= 4 is 15.8 Å². The van der Waals surface area contributed by atoms with E-state index in [1.165, 1.54) is 28.9 Å². The summed E-state index contributed by atoms with van der Waals surface area (Å²) in [4.78, 5) is 0.292. The third kappa shape index (κ3) is 4.76. The van der Waals surface area contributed by atoms with Crippen molar-refractivity contribution in [2.75, 3.05) is 12.3 Å². The number of sulfonamides is 1. The zero-order valence-corrected chi connectivity index (χ0v) is 18.4. The molecule has 3 N–H and O–H groups in total. The quantitative estimate of drug-likeness (QED) is 0.546. The number of nitrogens with zero attached hydrogens (tertiary/aromatic N) is 3. The van der Waals surface area contributed by atoms with Gasteiger partial charge in [0.05, 0.1) is 16.3 Å². The predicted octanol–water partition coefficient (Wildman–Crippen LogP) is 3.30. The van der Waals surface area contributed by atoms with Gasteiger partial charge in [-0.15, -0.1) is 0 Å². The molecule has 0 aliphatic heterocycles. The Bertz CT molecular complexity index is 1240. The van der Waals surface area contributed by atoms with E-state index >= 15 is 0 Å². The fraction of sp³-hybridized carbons (Fsp3) is 0.273. The zero-order chi connectivity index (χ0) is 22.8. The van der Waals surface area contributed by atoms with Gasteiger partial charge in [-0.05, 0) is 69.0 Å². The molecule has 2 aromatic carbocycles. The second kappa shape index (κ2) is 8.88. The lowest BCUT2D eigenvalue weighted by Crippen LogP contribution is -2.26. The molecule has 0 radical (unpaired) electrons. The topological polar surface area (TPSA) is 114 Å². The number of rotatable bonds is 7. The Hall–Kier alpha value is -3.22. The maximum absolute atomic E-state index is 13.2. The summed E-state index contributed by atoms with van der Waals surface area (Å²) in [5.41, 5.74) is 9.69. The third-order valence-corrected chi connectivity index (χ3v) is 6.70. The van der Waals surface area contributed by atoms with E-state index in [0.29, 0.717) is 40.2 Å². The van der Waals surface area contributed by atoms with Gasteiger partial charge in [0.25, 0.3) is 0 Å². The number of aromatic nitrogens is 2. The van der Waals surface area contributed by atoms with Crippen LogP contribution in [0.4, 0.5) is 10.2 Å². The highest BCUT2D eigenvalue weighted by Gasteiger charge is 2.20. The monoisotopic (exact) mass is 441 g/mol. The minimum atomic E-state index is -3.66. The highest BCUT2D eigenvalue weighted by atomic mass is 32.2. The van der Waals surface area contributed by atoms with Crippen LogP contribution >= 0.6 is 0 Å². The molecule has 0 unspecified atom stereocenters. The summed E-state index contributed by atoms with van der Waals surface area (Å²) in [7, 11) is -3.66. The highest BCUT2D eigenvalue weighted by molar-refractivity contribution is 7.89. The molecule has 0 aliphatic rings. The molecule has 7 nitrogen and oxygen atoms in total. The molecule has 9 heteroatoms. The minimum Gasteiger partial charge on any atom is -0.382 e. The highest BCUT2D eigenvalue weighted by Crippen LogP contribution is 2.23. The van der Waals surface area contributed by atoms with Crippen LogP contribution in [-0.4, -0.2) is 24.7 Å². The SMILES string of the molecule is Cc1cc(C)c(S(=O)(=O)NCCCc2nn(-c3ccc(F)cc3)c(N)c2C#N)c(C)c1. The first-order chi connectivity index (χ1) is 14.6. The van der Waals surface area contributed by atoms with Crippen molar-refractivity contribution in [3.63, 3.8) is 0 Å². The van der Waals surface area contributed by atoms with Crippen molar-refractivity contribution in [1.82, 2.24) is 14.5 Å².